The molecule has 0 spiro atoms. The SMILES string of the molecule is CCC(C(=O)c1ccccc1)N1CCCS(=O)(=O)CC1. The fraction of sp³-hybridized carbons (Fsp3) is 0.533. The van der Waals surface area contributed by atoms with E-state index in [-0.39, 0.29) is 23.3 Å². The lowest BCUT2D eigenvalue weighted by Crippen LogP contribution is -2.42. The maximum atomic E-state index is 12.6. The number of ketones is 1. The lowest BCUT2D eigenvalue weighted by molar-refractivity contribution is 0.0822. The van der Waals surface area contributed by atoms with Crippen LogP contribution in [0.3, 0.4) is 0 Å². The fourth-order valence-corrected chi connectivity index (χ4v) is 3.96. The lowest BCUT2D eigenvalue weighted by Gasteiger charge is -2.28. The number of Topliss-reactive ketones (excluding diaryl/α,β-unsaturated/α-hetero) is 1. The van der Waals surface area contributed by atoms with Crippen molar-refractivity contribution in [1.82, 2.24) is 4.90 Å². The summed E-state index contributed by atoms with van der Waals surface area (Å²) in [5.41, 5.74) is 0.700. The van der Waals surface area contributed by atoms with Gasteiger partial charge in [-0.15, -0.1) is 0 Å². The van der Waals surface area contributed by atoms with Gasteiger partial charge in [-0.3, -0.25) is 9.69 Å². The summed E-state index contributed by atoms with van der Waals surface area (Å²) < 4.78 is 23.3. The Morgan fingerprint density at radius 2 is 1.90 bits per heavy atom. The third-order valence-electron chi connectivity index (χ3n) is 3.78. The quantitative estimate of drug-likeness (QED) is 0.794. The van der Waals surface area contributed by atoms with Crippen molar-refractivity contribution in [2.75, 3.05) is 24.6 Å². The highest BCUT2D eigenvalue weighted by Gasteiger charge is 2.28. The zero-order chi connectivity index (χ0) is 14.6. The summed E-state index contributed by atoms with van der Waals surface area (Å²) in [5.74, 6) is 0.484. The van der Waals surface area contributed by atoms with Gasteiger partial charge in [0, 0.05) is 12.1 Å². The minimum Gasteiger partial charge on any atom is -0.292 e. The average Bonchev–Trinajstić information content (AvgIpc) is 2.62. The number of sulfone groups is 1. The second-order valence-corrected chi connectivity index (χ2v) is 7.50. The topological polar surface area (TPSA) is 54.5 Å². The smallest absolute Gasteiger partial charge is 0.179 e. The number of nitrogens with zero attached hydrogens (tertiary/aromatic N) is 1. The van der Waals surface area contributed by atoms with E-state index < -0.39 is 9.84 Å². The Labute approximate surface area is 120 Å². The van der Waals surface area contributed by atoms with Gasteiger partial charge in [0.1, 0.15) is 0 Å². The molecular formula is C15H21NO3S. The Kier molecular flexibility index (Phi) is 4.94. The molecule has 1 aliphatic rings. The van der Waals surface area contributed by atoms with Crippen molar-refractivity contribution in [1.29, 1.82) is 0 Å². The third kappa shape index (κ3) is 3.67. The van der Waals surface area contributed by atoms with E-state index in [9.17, 15) is 13.2 Å². The molecule has 1 aromatic carbocycles. The monoisotopic (exact) mass is 295 g/mol. The van der Waals surface area contributed by atoms with Gasteiger partial charge < -0.3 is 0 Å². The second-order valence-electron chi connectivity index (χ2n) is 5.20. The van der Waals surface area contributed by atoms with Crippen molar-refractivity contribution in [3.8, 4) is 0 Å². The predicted octanol–water partition coefficient (Wildman–Crippen LogP) is 1.77. The van der Waals surface area contributed by atoms with Crippen molar-refractivity contribution in [3.63, 3.8) is 0 Å². The molecule has 1 atom stereocenters. The average molecular weight is 295 g/mol. The highest BCUT2D eigenvalue weighted by atomic mass is 32.2. The Hall–Kier alpha value is -1.20. The minimum absolute atomic E-state index is 0.0902. The molecule has 1 heterocycles. The van der Waals surface area contributed by atoms with Crippen LogP contribution in [0.4, 0.5) is 0 Å². The Balaban J connectivity index is 2.14. The molecule has 0 aliphatic carbocycles. The maximum Gasteiger partial charge on any atom is 0.179 e. The number of carbonyl (C=O) groups excluding carboxylic acids is 1. The van der Waals surface area contributed by atoms with Gasteiger partial charge in [-0.05, 0) is 19.4 Å². The van der Waals surface area contributed by atoms with E-state index in [2.05, 4.69) is 0 Å². The molecule has 1 aliphatic heterocycles. The van der Waals surface area contributed by atoms with Gasteiger partial charge in [0.25, 0.3) is 0 Å². The lowest BCUT2D eigenvalue weighted by atomic mass is 10.0. The number of hydrogen-bond donors (Lipinski definition) is 0. The number of benzene rings is 1. The van der Waals surface area contributed by atoms with Gasteiger partial charge in [-0.1, -0.05) is 37.3 Å². The second kappa shape index (κ2) is 6.50. The van der Waals surface area contributed by atoms with Crippen LogP contribution in [-0.4, -0.2) is 49.7 Å². The van der Waals surface area contributed by atoms with E-state index in [4.69, 9.17) is 0 Å². The molecule has 0 bridgehead atoms. The largest absolute Gasteiger partial charge is 0.292 e. The first kappa shape index (κ1) is 15.2. The summed E-state index contributed by atoms with van der Waals surface area (Å²) in [6.45, 7) is 3.11. The zero-order valence-electron chi connectivity index (χ0n) is 11.8. The summed E-state index contributed by atoms with van der Waals surface area (Å²) >= 11 is 0. The molecular weight excluding hydrogens is 274 g/mol. The van der Waals surface area contributed by atoms with E-state index in [1.165, 1.54) is 0 Å². The molecule has 5 heteroatoms. The first-order valence-electron chi connectivity index (χ1n) is 7.07. The molecule has 0 N–H and O–H groups in total. The molecule has 0 aromatic heterocycles. The molecule has 0 amide bonds. The van der Waals surface area contributed by atoms with Gasteiger partial charge in [-0.2, -0.15) is 0 Å². The minimum atomic E-state index is -2.94. The summed E-state index contributed by atoms with van der Waals surface area (Å²) in [7, 11) is -2.94. The Morgan fingerprint density at radius 3 is 2.55 bits per heavy atom. The molecule has 4 nitrogen and oxygen atoms in total. The van der Waals surface area contributed by atoms with Crippen molar-refractivity contribution in [2.45, 2.75) is 25.8 Å². The number of carbonyl (C=O) groups is 1. The van der Waals surface area contributed by atoms with Crippen LogP contribution in [0.25, 0.3) is 0 Å². The summed E-state index contributed by atoms with van der Waals surface area (Å²) in [6, 6.07) is 9.01. The van der Waals surface area contributed by atoms with Crippen LogP contribution < -0.4 is 0 Å². The molecule has 1 unspecified atom stereocenters. The Bertz CT molecular complexity index is 554. The first-order chi connectivity index (χ1) is 9.53. The first-order valence-corrected chi connectivity index (χ1v) is 8.89. The zero-order valence-corrected chi connectivity index (χ0v) is 12.6. The normalized spacial score (nSPS) is 21.1. The van der Waals surface area contributed by atoms with Crippen molar-refractivity contribution in [3.05, 3.63) is 35.9 Å². The van der Waals surface area contributed by atoms with Gasteiger partial charge in [-0.25, -0.2) is 8.42 Å². The van der Waals surface area contributed by atoms with E-state index in [0.717, 1.165) is 0 Å². The Morgan fingerprint density at radius 1 is 1.20 bits per heavy atom. The van der Waals surface area contributed by atoms with E-state index in [0.29, 0.717) is 31.5 Å². The van der Waals surface area contributed by atoms with Crippen LogP contribution in [0.2, 0.25) is 0 Å². The molecule has 20 heavy (non-hydrogen) atoms. The summed E-state index contributed by atoms with van der Waals surface area (Å²) in [4.78, 5) is 14.6. The highest BCUT2D eigenvalue weighted by molar-refractivity contribution is 7.91. The third-order valence-corrected chi connectivity index (χ3v) is 5.49. The van der Waals surface area contributed by atoms with Gasteiger partial charge in [0.15, 0.2) is 15.6 Å². The molecule has 0 saturated carbocycles. The van der Waals surface area contributed by atoms with E-state index in [1.807, 2.05) is 42.2 Å². The molecule has 1 aromatic rings. The molecule has 110 valence electrons. The van der Waals surface area contributed by atoms with Crippen LogP contribution in [-0.2, 0) is 9.84 Å². The highest BCUT2D eigenvalue weighted by Crippen LogP contribution is 2.15. The van der Waals surface area contributed by atoms with E-state index >= 15 is 0 Å². The van der Waals surface area contributed by atoms with Crippen molar-refractivity contribution in [2.24, 2.45) is 0 Å². The molecule has 1 saturated heterocycles. The summed E-state index contributed by atoms with van der Waals surface area (Å²) in [5, 5.41) is 0. The van der Waals surface area contributed by atoms with Gasteiger partial charge in [0.05, 0.1) is 17.5 Å². The number of rotatable bonds is 4. The van der Waals surface area contributed by atoms with Gasteiger partial charge >= 0.3 is 0 Å². The van der Waals surface area contributed by atoms with Crippen LogP contribution in [0, 0.1) is 0 Å². The van der Waals surface area contributed by atoms with Crippen LogP contribution in [0.15, 0.2) is 30.3 Å². The van der Waals surface area contributed by atoms with Crippen molar-refractivity contribution < 1.29 is 13.2 Å². The molecule has 2 rings (SSSR count). The van der Waals surface area contributed by atoms with E-state index in [1.54, 1.807) is 0 Å². The summed E-state index contributed by atoms with van der Waals surface area (Å²) in [6.07, 6.45) is 1.31. The van der Waals surface area contributed by atoms with Crippen LogP contribution in [0.5, 0.6) is 0 Å². The van der Waals surface area contributed by atoms with Crippen LogP contribution >= 0.6 is 0 Å². The van der Waals surface area contributed by atoms with Crippen LogP contribution in [0.1, 0.15) is 30.1 Å². The number of hydrogen-bond acceptors (Lipinski definition) is 4. The molecule has 0 radical (unpaired) electrons. The molecule has 1 fully saturated rings. The standard InChI is InChI=1S/C15H21NO3S/c1-2-14(15(17)13-7-4-3-5-8-13)16-9-6-11-20(18,19)12-10-16/h3-5,7-8,14H,2,6,9-12H2,1H3. The van der Waals surface area contributed by atoms with Crippen molar-refractivity contribution >= 4 is 15.6 Å². The maximum absolute atomic E-state index is 12.6. The fourth-order valence-electron chi connectivity index (χ4n) is 2.67. The van der Waals surface area contributed by atoms with Gasteiger partial charge in [0.2, 0.25) is 0 Å². The predicted molar refractivity (Wildman–Crippen MR) is 79.7 cm³/mol.